The van der Waals surface area contributed by atoms with E-state index in [0.717, 1.165) is 11.3 Å². The van der Waals surface area contributed by atoms with Crippen LogP contribution in [0, 0.1) is 6.92 Å². The molecule has 0 atom stereocenters. The Morgan fingerprint density at radius 2 is 1.83 bits per heavy atom. The number of aromatic nitrogens is 1. The molecule has 156 valence electrons. The Morgan fingerprint density at radius 1 is 1.10 bits per heavy atom. The number of hydrogen-bond donors (Lipinski definition) is 2. The summed E-state index contributed by atoms with van der Waals surface area (Å²) in [5.74, 6) is -0.981. The van der Waals surface area contributed by atoms with E-state index in [-0.39, 0.29) is 27.9 Å². The first-order chi connectivity index (χ1) is 14.3. The molecule has 2 N–H and O–H groups in total. The van der Waals surface area contributed by atoms with Crippen LogP contribution in [0.5, 0.6) is 0 Å². The normalized spacial score (nSPS) is 11.0. The van der Waals surface area contributed by atoms with Gasteiger partial charge in [0.15, 0.2) is 5.13 Å². The zero-order chi connectivity index (χ0) is 21.7. The lowest BCUT2D eigenvalue weighted by Crippen LogP contribution is -2.15. The number of esters is 1. The van der Waals surface area contributed by atoms with Crippen molar-refractivity contribution in [1.29, 1.82) is 0 Å². The van der Waals surface area contributed by atoms with Gasteiger partial charge in [-0.3, -0.25) is 14.8 Å². The molecule has 3 rings (SSSR count). The highest BCUT2D eigenvalue weighted by molar-refractivity contribution is 7.92. The quantitative estimate of drug-likeness (QED) is 0.536. The van der Waals surface area contributed by atoms with Gasteiger partial charge in [-0.2, -0.15) is 0 Å². The van der Waals surface area contributed by atoms with Crippen LogP contribution in [0.25, 0.3) is 0 Å². The summed E-state index contributed by atoms with van der Waals surface area (Å²) in [6, 6.07) is 14.0. The summed E-state index contributed by atoms with van der Waals surface area (Å²) >= 11 is 1.01. The summed E-state index contributed by atoms with van der Waals surface area (Å²) in [6.45, 7) is 3.59. The molecule has 0 radical (unpaired) electrons. The molecule has 0 saturated heterocycles. The van der Waals surface area contributed by atoms with Crippen LogP contribution in [0.15, 0.2) is 59.5 Å². The summed E-state index contributed by atoms with van der Waals surface area (Å²) in [5.41, 5.74) is 0.931. The molecule has 30 heavy (non-hydrogen) atoms. The van der Waals surface area contributed by atoms with Crippen molar-refractivity contribution in [2.75, 3.05) is 16.6 Å². The first-order valence-electron chi connectivity index (χ1n) is 8.94. The van der Waals surface area contributed by atoms with E-state index in [1.54, 1.807) is 50.2 Å². The van der Waals surface area contributed by atoms with Crippen molar-refractivity contribution in [2.24, 2.45) is 0 Å². The summed E-state index contributed by atoms with van der Waals surface area (Å²) in [6.07, 6.45) is 0. The molecule has 8 nitrogen and oxygen atoms in total. The van der Waals surface area contributed by atoms with Crippen LogP contribution in [0.3, 0.4) is 0 Å². The predicted molar refractivity (Wildman–Crippen MR) is 114 cm³/mol. The Bertz CT molecular complexity index is 1170. The van der Waals surface area contributed by atoms with E-state index in [1.807, 2.05) is 0 Å². The first-order valence-corrected chi connectivity index (χ1v) is 11.2. The van der Waals surface area contributed by atoms with Crippen LogP contribution in [0.1, 0.15) is 32.6 Å². The average Bonchev–Trinajstić information content (AvgIpc) is 3.09. The van der Waals surface area contributed by atoms with Gasteiger partial charge in [0.2, 0.25) is 0 Å². The number of ether oxygens (including phenoxy) is 1. The smallest absolute Gasteiger partial charge is 0.350 e. The number of benzene rings is 2. The topological polar surface area (TPSA) is 114 Å². The molecule has 0 aliphatic carbocycles. The minimum absolute atomic E-state index is 0.115. The number of aryl methyl sites for hydroxylation is 1. The van der Waals surface area contributed by atoms with Gasteiger partial charge < -0.3 is 4.74 Å². The fraction of sp³-hybridized carbons (Fsp3) is 0.150. The summed E-state index contributed by atoms with van der Waals surface area (Å²) in [4.78, 5) is 29.1. The lowest BCUT2D eigenvalue weighted by atomic mass is 10.2. The highest BCUT2D eigenvalue weighted by Crippen LogP contribution is 2.24. The number of anilines is 2. The van der Waals surface area contributed by atoms with Crippen molar-refractivity contribution in [2.45, 2.75) is 18.7 Å². The van der Waals surface area contributed by atoms with Gasteiger partial charge in [-0.25, -0.2) is 18.2 Å². The predicted octanol–water partition coefficient (Wildman–Crippen LogP) is 3.68. The third kappa shape index (κ3) is 5.02. The average molecular weight is 446 g/mol. The number of nitrogens with zero attached hydrogens (tertiary/aromatic N) is 1. The van der Waals surface area contributed by atoms with Crippen molar-refractivity contribution >= 4 is 44.1 Å². The molecule has 1 amide bonds. The minimum atomic E-state index is -3.78. The molecule has 0 unspecified atom stereocenters. The number of carbonyl (C=O) groups excluding carboxylic acids is 2. The molecule has 0 saturated carbocycles. The van der Waals surface area contributed by atoms with Crippen molar-refractivity contribution in [3.8, 4) is 0 Å². The van der Waals surface area contributed by atoms with Gasteiger partial charge in [-0.05, 0) is 44.2 Å². The van der Waals surface area contributed by atoms with Gasteiger partial charge in [-0.15, -0.1) is 0 Å². The van der Waals surface area contributed by atoms with E-state index in [2.05, 4.69) is 15.0 Å². The van der Waals surface area contributed by atoms with Crippen molar-refractivity contribution in [3.05, 3.63) is 70.7 Å². The Morgan fingerprint density at radius 3 is 2.53 bits per heavy atom. The fourth-order valence-electron chi connectivity index (χ4n) is 2.54. The van der Waals surface area contributed by atoms with Crippen molar-refractivity contribution in [3.63, 3.8) is 0 Å². The molecule has 1 aromatic heterocycles. The second-order valence-corrected chi connectivity index (χ2v) is 8.79. The van der Waals surface area contributed by atoms with E-state index in [0.29, 0.717) is 10.6 Å². The molecule has 0 aliphatic heterocycles. The number of carbonyl (C=O) groups is 2. The first kappa shape index (κ1) is 21.5. The monoisotopic (exact) mass is 445 g/mol. The standard InChI is InChI=1S/C20H19N3O5S2/c1-3-28-19(25)17-13(2)21-20(29-17)22-18(24)14-8-7-9-15(12-14)23-30(26,27)16-10-5-4-6-11-16/h4-12,23H,3H2,1-2H3,(H,21,22,24). The number of amides is 1. The molecule has 3 aromatic rings. The van der Waals surface area contributed by atoms with Gasteiger partial charge in [-0.1, -0.05) is 35.6 Å². The maximum Gasteiger partial charge on any atom is 0.350 e. The largest absolute Gasteiger partial charge is 0.462 e. The Labute approximate surface area is 178 Å². The second-order valence-electron chi connectivity index (χ2n) is 6.11. The maximum atomic E-state index is 12.6. The highest BCUT2D eigenvalue weighted by Gasteiger charge is 2.19. The van der Waals surface area contributed by atoms with E-state index in [9.17, 15) is 18.0 Å². The minimum Gasteiger partial charge on any atom is -0.462 e. The van der Waals surface area contributed by atoms with E-state index < -0.39 is 21.9 Å². The van der Waals surface area contributed by atoms with Crippen molar-refractivity contribution < 1.29 is 22.7 Å². The van der Waals surface area contributed by atoms with E-state index >= 15 is 0 Å². The Kier molecular flexibility index (Phi) is 6.48. The van der Waals surface area contributed by atoms with Gasteiger partial charge in [0.05, 0.1) is 17.2 Å². The fourth-order valence-corrected chi connectivity index (χ4v) is 4.47. The third-order valence-electron chi connectivity index (χ3n) is 3.91. The molecular weight excluding hydrogens is 426 g/mol. The van der Waals surface area contributed by atoms with Crippen LogP contribution in [0.2, 0.25) is 0 Å². The second kappa shape index (κ2) is 9.06. The van der Waals surface area contributed by atoms with Crippen LogP contribution < -0.4 is 10.0 Å². The molecule has 1 heterocycles. The molecular formula is C20H19N3O5S2. The highest BCUT2D eigenvalue weighted by atomic mass is 32.2. The van der Waals surface area contributed by atoms with Crippen LogP contribution in [0.4, 0.5) is 10.8 Å². The van der Waals surface area contributed by atoms with Crippen molar-refractivity contribution in [1.82, 2.24) is 4.98 Å². The zero-order valence-corrected chi connectivity index (χ0v) is 17.8. The molecule has 0 bridgehead atoms. The number of nitrogens with one attached hydrogen (secondary N) is 2. The van der Waals surface area contributed by atoms with Gasteiger partial charge in [0.25, 0.3) is 15.9 Å². The molecule has 0 fully saturated rings. The zero-order valence-electron chi connectivity index (χ0n) is 16.2. The van der Waals surface area contributed by atoms with E-state index in [1.165, 1.54) is 18.2 Å². The SMILES string of the molecule is CCOC(=O)c1sc(NC(=O)c2cccc(NS(=O)(=O)c3ccccc3)c2)nc1C. The molecule has 0 spiro atoms. The Hall–Kier alpha value is -3.24. The number of thiazole rings is 1. The summed E-state index contributed by atoms with van der Waals surface area (Å²) in [7, 11) is -3.78. The molecule has 2 aromatic carbocycles. The molecule has 10 heteroatoms. The van der Waals surface area contributed by atoms with Gasteiger partial charge in [0.1, 0.15) is 4.88 Å². The van der Waals surface area contributed by atoms with E-state index in [4.69, 9.17) is 4.74 Å². The third-order valence-corrected chi connectivity index (χ3v) is 6.36. The maximum absolute atomic E-state index is 12.6. The number of rotatable bonds is 7. The Balaban J connectivity index is 1.75. The van der Waals surface area contributed by atoms with Gasteiger partial charge in [0, 0.05) is 11.3 Å². The lowest BCUT2D eigenvalue weighted by Gasteiger charge is -2.09. The summed E-state index contributed by atoms with van der Waals surface area (Å²) < 4.78 is 32.4. The summed E-state index contributed by atoms with van der Waals surface area (Å²) in [5, 5.41) is 2.87. The van der Waals surface area contributed by atoms with Crippen LogP contribution >= 0.6 is 11.3 Å². The van der Waals surface area contributed by atoms with Gasteiger partial charge >= 0.3 is 5.97 Å². The van der Waals surface area contributed by atoms with Crippen LogP contribution in [-0.4, -0.2) is 31.9 Å². The number of hydrogen-bond acceptors (Lipinski definition) is 7. The molecule has 0 aliphatic rings. The lowest BCUT2D eigenvalue weighted by molar-refractivity contribution is 0.0531. The number of sulfonamides is 1. The van der Waals surface area contributed by atoms with Crippen LogP contribution in [-0.2, 0) is 14.8 Å².